The lowest BCUT2D eigenvalue weighted by Gasteiger charge is -2.16. The monoisotopic (exact) mass is 292 g/mol. The highest BCUT2D eigenvalue weighted by molar-refractivity contribution is 7.80. The molecule has 0 radical (unpaired) electrons. The third kappa shape index (κ3) is 4.15. The molecule has 98 valence electrons. The number of halogens is 1. The number of nitrogens with zero attached hydrogens (tertiary/aromatic N) is 2. The quantitative estimate of drug-likeness (QED) is 0.851. The summed E-state index contributed by atoms with van der Waals surface area (Å²) in [6, 6.07) is 9.44. The predicted octanol–water partition coefficient (Wildman–Crippen LogP) is 3.18. The summed E-state index contributed by atoms with van der Waals surface area (Å²) in [5.74, 6) is 0.475. The highest BCUT2D eigenvalue weighted by atomic mass is 35.5. The average Bonchev–Trinajstić information content (AvgIpc) is 2.40. The van der Waals surface area contributed by atoms with Gasteiger partial charge in [-0.05, 0) is 42.9 Å². The average molecular weight is 293 g/mol. The summed E-state index contributed by atoms with van der Waals surface area (Å²) in [5, 5.41) is 7.28. The number of hydrogen-bond donors (Lipinski definition) is 2. The van der Waals surface area contributed by atoms with Gasteiger partial charge in [-0.3, -0.25) is 0 Å². The Hall–Kier alpha value is -1.72. The number of anilines is 1. The first-order valence-corrected chi connectivity index (χ1v) is 6.54. The largest absolute Gasteiger partial charge is 0.356 e. The van der Waals surface area contributed by atoms with Crippen LogP contribution in [0.5, 0.6) is 0 Å². The van der Waals surface area contributed by atoms with Gasteiger partial charge >= 0.3 is 0 Å². The van der Waals surface area contributed by atoms with Gasteiger partial charge in [0.1, 0.15) is 0 Å². The second kappa shape index (κ2) is 6.45. The normalized spacial score (nSPS) is 11.7. The first kappa shape index (κ1) is 13.7. The molecule has 0 fully saturated rings. The van der Waals surface area contributed by atoms with Crippen LogP contribution in [0, 0.1) is 0 Å². The number of thiocarbonyl (C=S) groups is 1. The minimum atomic E-state index is 0.0704. The molecule has 19 heavy (non-hydrogen) atoms. The molecule has 1 heterocycles. The maximum atomic E-state index is 5.85. The van der Waals surface area contributed by atoms with Crippen molar-refractivity contribution in [2.45, 2.75) is 13.0 Å². The maximum Gasteiger partial charge on any atom is 0.228 e. The van der Waals surface area contributed by atoms with Crippen molar-refractivity contribution in [2.24, 2.45) is 0 Å². The number of hydrogen-bond acceptors (Lipinski definition) is 3. The van der Waals surface area contributed by atoms with Crippen molar-refractivity contribution < 1.29 is 0 Å². The Labute approximate surface area is 122 Å². The summed E-state index contributed by atoms with van der Waals surface area (Å²) >= 11 is 11.1. The third-order valence-electron chi connectivity index (χ3n) is 2.51. The van der Waals surface area contributed by atoms with Crippen molar-refractivity contribution in [2.75, 3.05) is 5.32 Å². The van der Waals surface area contributed by atoms with E-state index in [1.807, 2.05) is 31.2 Å². The molecule has 2 rings (SSSR count). The van der Waals surface area contributed by atoms with Gasteiger partial charge in [-0.1, -0.05) is 23.7 Å². The van der Waals surface area contributed by atoms with Gasteiger partial charge in [-0.2, -0.15) is 0 Å². The van der Waals surface area contributed by atoms with Gasteiger partial charge in [0.05, 0.1) is 6.04 Å². The Morgan fingerprint density at radius 1 is 1.21 bits per heavy atom. The molecule has 0 aliphatic carbocycles. The highest BCUT2D eigenvalue weighted by Crippen LogP contribution is 2.16. The maximum absolute atomic E-state index is 5.85. The van der Waals surface area contributed by atoms with Crippen LogP contribution in [0.15, 0.2) is 42.7 Å². The Morgan fingerprint density at radius 2 is 1.84 bits per heavy atom. The van der Waals surface area contributed by atoms with Gasteiger partial charge < -0.3 is 10.6 Å². The van der Waals surface area contributed by atoms with E-state index >= 15 is 0 Å². The number of rotatable bonds is 3. The number of nitrogens with one attached hydrogen (secondary N) is 2. The molecule has 0 spiro atoms. The van der Waals surface area contributed by atoms with E-state index in [1.54, 1.807) is 18.5 Å². The fourth-order valence-corrected chi connectivity index (χ4v) is 1.93. The fourth-order valence-electron chi connectivity index (χ4n) is 1.53. The SMILES string of the molecule is C[C@H](NC(=S)Nc1ncccn1)c1ccc(Cl)cc1. The van der Waals surface area contributed by atoms with Crippen molar-refractivity contribution in [3.63, 3.8) is 0 Å². The van der Waals surface area contributed by atoms with Crippen LogP contribution in [0.25, 0.3) is 0 Å². The van der Waals surface area contributed by atoms with Crippen molar-refractivity contribution >= 4 is 34.9 Å². The number of benzene rings is 1. The summed E-state index contributed by atoms with van der Waals surface area (Å²) in [6.45, 7) is 2.02. The Morgan fingerprint density at radius 3 is 2.47 bits per heavy atom. The van der Waals surface area contributed by atoms with Crippen LogP contribution in [0.4, 0.5) is 5.95 Å². The van der Waals surface area contributed by atoms with Crippen LogP contribution in [-0.4, -0.2) is 15.1 Å². The molecule has 0 aliphatic rings. The summed E-state index contributed by atoms with van der Waals surface area (Å²) in [4.78, 5) is 8.09. The van der Waals surface area contributed by atoms with Gasteiger partial charge in [0.2, 0.25) is 5.95 Å². The molecule has 1 atom stereocenters. The van der Waals surface area contributed by atoms with E-state index in [1.165, 1.54) is 0 Å². The molecule has 1 aromatic carbocycles. The Bertz CT molecular complexity index is 544. The molecular weight excluding hydrogens is 280 g/mol. The molecule has 0 saturated carbocycles. The molecular formula is C13H13ClN4S. The predicted molar refractivity (Wildman–Crippen MR) is 81.3 cm³/mol. The highest BCUT2D eigenvalue weighted by Gasteiger charge is 2.07. The number of aromatic nitrogens is 2. The van der Waals surface area contributed by atoms with Crippen molar-refractivity contribution in [3.05, 3.63) is 53.3 Å². The van der Waals surface area contributed by atoms with Crippen molar-refractivity contribution in [3.8, 4) is 0 Å². The second-order valence-corrected chi connectivity index (χ2v) is 4.79. The molecule has 0 aliphatic heterocycles. The van der Waals surface area contributed by atoms with Gasteiger partial charge in [-0.15, -0.1) is 0 Å². The van der Waals surface area contributed by atoms with Crippen LogP contribution < -0.4 is 10.6 Å². The summed E-state index contributed by atoms with van der Waals surface area (Å²) in [5.41, 5.74) is 1.10. The molecule has 2 aromatic rings. The first-order chi connectivity index (χ1) is 9.15. The fraction of sp³-hybridized carbons (Fsp3) is 0.154. The van der Waals surface area contributed by atoms with Crippen LogP contribution in [-0.2, 0) is 0 Å². The zero-order valence-electron chi connectivity index (χ0n) is 10.3. The first-order valence-electron chi connectivity index (χ1n) is 5.75. The zero-order chi connectivity index (χ0) is 13.7. The molecule has 2 N–H and O–H groups in total. The molecule has 0 bridgehead atoms. The van der Waals surface area contributed by atoms with E-state index in [-0.39, 0.29) is 6.04 Å². The minimum absolute atomic E-state index is 0.0704. The summed E-state index contributed by atoms with van der Waals surface area (Å²) in [6.07, 6.45) is 3.31. The van der Waals surface area contributed by atoms with Gasteiger partial charge in [0.15, 0.2) is 5.11 Å². The third-order valence-corrected chi connectivity index (χ3v) is 2.98. The van der Waals surface area contributed by atoms with E-state index in [4.69, 9.17) is 23.8 Å². The standard InChI is InChI=1S/C13H13ClN4S/c1-9(10-3-5-11(14)6-4-10)17-13(19)18-12-15-7-2-8-16-12/h2-9H,1H3,(H2,15,16,17,18,19)/t9-/m0/s1. The minimum Gasteiger partial charge on any atom is -0.356 e. The Kier molecular flexibility index (Phi) is 4.65. The zero-order valence-corrected chi connectivity index (χ0v) is 11.9. The van der Waals surface area contributed by atoms with Gasteiger partial charge in [0, 0.05) is 17.4 Å². The van der Waals surface area contributed by atoms with Crippen LogP contribution in [0.3, 0.4) is 0 Å². The van der Waals surface area contributed by atoms with Crippen LogP contribution in [0.2, 0.25) is 5.02 Å². The van der Waals surface area contributed by atoms with E-state index < -0.39 is 0 Å². The van der Waals surface area contributed by atoms with Crippen LogP contribution in [0.1, 0.15) is 18.5 Å². The lowest BCUT2D eigenvalue weighted by molar-refractivity contribution is 0.722. The smallest absolute Gasteiger partial charge is 0.228 e. The van der Waals surface area contributed by atoms with Gasteiger partial charge in [-0.25, -0.2) is 9.97 Å². The van der Waals surface area contributed by atoms with Gasteiger partial charge in [0.25, 0.3) is 0 Å². The Balaban J connectivity index is 1.93. The molecule has 0 unspecified atom stereocenters. The topological polar surface area (TPSA) is 49.8 Å². The molecule has 1 aromatic heterocycles. The van der Waals surface area contributed by atoms with E-state index in [0.717, 1.165) is 5.56 Å². The second-order valence-electron chi connectivity index (χ2n) is 3.94. The van der Waals surface area contributed by atoms with Crippen molar-refractivity contribution in [1.29, 1.82) is 0 Å². The molecule has 0 amide bonds. The van der Waals surface area contributed by atoms with Crippen LogP contribution >= 0.6 is 23.8 Å². The van der Waals surface area contributed by atoms with E-state index in [2.05, 4.69) is 20.6 Å². The van der Waals surface area contributed by atoms with E-state index in [9.17, 15) is 0 Å². The molecule has 0 saturated heterocycles. The lowest BCUT2D eigenvalue weighted by atomic mass is 10.1. The lowest BCUT2D eigenvalue weighted by Crippen LogP contribution is -2.31. The molecule has 6 heteroatoms. The molecule has 4 nitrogen and oxygen atoms in total. The van der Waals surface area contributed by atoms with E-state index in [0.29, 0.717) is 16.1 Å². The van der Waals surface area contributed by atoms with Crippen molar-refractivity contribution in [1.82, 2.24) is 15.3 Å². The summed E-state index contributed by atoms with van der Waals surface area (Å²) in [7, 11) is 0. The summed E-state index contributed by atoms with van der Waals surface area (Å²) < 4.78 is 0.